The van der Waals surface area contributed by atoms with Gasteiger partial charge in [0.1, 0.15) is 11.5 Å². The number of rotatable bonds is 5. The molecule has 0 N–H and O–H groups in total. The molecule has 0 bridgehead atoms. The highest BCUT2D eigenvalue weighted by Gasteiger charge is 2.10. The second-order valence-electron chi connectivity index (χ2n) is 4.12. The number of esters is 1. The van der Waals surface area contributed by atoms with E-state index in [9.17, 15) is 9.59 Å². The van der Waals surface area contributed by atoms with Gasteiger partial charge in [0.15, 0.2) is 5.78 Å². The van der Waals surface area contributed by atoms with E-state index in [0.29, 0.717) is 17.1 Å². The zero-order chi connectivity index (χ0) is 15.2. The van der Waals surface area contributed by atoms with E-state index in [1.54, 1.807) is 37.4 Å². The molecule has 0 aliphatic heterocycles. The maximum Gasteiger partial charge on any atom is 0.373 e. The van der Waals surface area contributed by atoms with Gasteiger partial charge >= 0.3 is 5.97 Å². The molecule has 0 aliphatic carbocycles. The molecule has 0 atom stereocenters. The van der Waals surface area contributed by atoms with Crippen LogP contribution in [0.5, 0.6) is 5.75 Å². The van der Waals surface area contributed by atoms with Gasteiger partial charge in [-0.1, -0.05) is 0 Å². The highest BCUT2D eigenvalue weighted by Crippen LogP contribution is 2.14. The normalized spacial score (nSPS) is 10.6. The Bertz CT molecular complexity index is 664. The summed E-state index contributed by atoms with van der Waals surface area (Å²) in [6.07, 6.45) is 2.88. The molecule has 0 radical (unpaired) electrons. The zero-order valence-electron chi connectivity index (χ0n) is 11.7. The number of hydrogen-bond donors (Lipinski definition) is 0. The van der Waals surface area contributed by atoms with Crippen molar-refractivity contribution in [1.29, 1.82) is 0 Å². The Kier molecular flexibility index (Phi) is 4.56. The summed E-state index contributed by atoms with van der Waals surface area (Å²) < 4.78 is 14.8. The summed E-state index contributed by atoms with van der Waals surface area (Å²) in [5.41, 5.74) is 0.534. The molecule has 1 aromatic heterocycles. The molecule has 0 saturated carbocycles. The van der Waals surface area contributed by atoms with Crippen LogP contribution in [0.25, 0.3) is 6.08 Å². The monoisotopic (exact) mass is 286 g/mol. The van der Waals surface area contributed by atoms with Crippen LogP contribution in [0.15, 0.2) is 46.9 Å². The van der Waals surface area contributed by atoms with E-state index in [2.05, 4.69) is 4.74 Å². The van der Waals surface area contributed by atoms with Crippen LogP contribution < -0.4 is 4.74 Å². The Balaban J connectivity index is 2.07. The van der Waals surface area contributed by atoms with E-state index in [0.717, 1.165) is 0 Å². The zero-order valence-corrected chi connectivity index (χ0v) is 11.7. The van der Waals surface area contributed by atoms with Crippen molar-refractivity contribution >= 4 is 17.8 Å². The minimum atomic E-state index is -0.559. The molecular weight excluding hydrogens is 272 g/mol. The lowest BCUT2D eigenvalue weighted by Crippen LogP contribution is -1.98. The quantitative estimate of drug-likeness (QED) is 0.480. The molecule has 2 aromatic rings. The van der Waals surface area contributed by atoms with Crippen molar-refractivity contribution in [2.45, 2.75) is 0 Å². The maximum atomic E-state index is 12.0. The summed E-state index contributed by atoms with van der Waals surface area (Å²) in [7, 11) is 2.83. The second kappa shape index (κ2) is 6.56. The summed E-state index contributed by atoms with van der Waals surface area (Å²) in [4.78, 5) is 23.2. The molecule has 1 heterocycles. The molecule has 0 saturated heterocycles. The molecule has 0 amide bonds. The number of hydrogen-bond acceptors (Lipinski definition) is 5. The first-order valence-corrected chi connectivity index (χ1v) is 6.18. The van der Waals surface area contributed by atoms with Crippen LogP contribution in [0.2, 0.25) is 0 Å². The third-order valence-corrected chi connectivity index (χ3v) is 2.79. The second-order valence-corrected chi connectivity index (χ2v) is 4.12. The van der Waals surface area contributed by atoms with E-state index in [-0.39, 0.29) is 11.5 Å². The van der Waals surface area contributed by atoms with Gasteiger partial charge in [0.2, 0.25) is 5.76 Å². The van der Waals surface area contributed by atoms with Gasteiger partial charge in [0, 0.05) is 5.56 Å². The summed E-state index contributed by atoms with van der Waals surface area (Å²) in [6, 6.07) is 9.85. The minimum Gasteiger partial charge on any atom is -0.497 e. The number of ketones is 1. The molecule has 0 aliphatic rings. The van der Waals surface area contributed by atoms with Crippen LogP contribution in [0.1, 0.15) is 26.7 Å². The molecule has 1 aromatic carbocycles. The van der Waals surface area contributed by atoms with Gasteiger partial charge in [0.05, 0.1) is 14.2 Å². The lowest BCUT2D eigenvalue weighted by Gasteiger charge is -1.99. The number of carbonyl (C=O) groups excluding carboxylic acids is 2. The fraction of sp³-hybridized carbons (Fsp3) is 0.125. The Labute approximate surface area is 121 Å². The molecule has 2 rings (SSSR count). The van der Waals surface area contributed by atoms with Crippen molar-refractivity contribution in [2.75, 3.05) is 14.2 Å². The van der Waals surface area contributed by atoms with Crippen molar-refractivity contribution in [3.05, 3.63) is 59.6 Å². The molecule has 21 heavy (non-hydrogen) atoms. The first kappa shape index (κ1) is 14.6. The van der Waals surface area contributed by atoms with E-state index in [1.165, 1.54) is 25.3 Å². The molecule has 0 unspecified atom stereocenters. The molecule has 108 valence electrons. The molecule has 0 fully saturated rings. The van der Waals surface area contributed by atoms with Crippen molar-refractivity contribution in [1.82, 2.24) is 0 Å². The highest BCUT2D eigenvalue weighted by atomic mass is 16.5. The predicted octanol–water partition coefficient (Wildman–Crippen LogP) is 2.97. The minimum absolute atomic E-state index is 0.0917. The number of benzene rings is 1. The molecule has 5 nitrogen and oxygen atoms in total. The number of carbonyl (C=O) groups is 2. The fourth-order valence-electron chi connectivity index (χ4n) is 1.66. The van der Waals surface area contributed by atoms with Crippen molar-refractivity contribution in [3.63, 3.8) is 0 Å². The van der Waals surface area contributed by atoms with Crippen molar-refractivity contribution in [3.8, 4) is 5.75 Å². The lowest BCUT2D eigenvalue weighted by atomic mass is 10.1. The Hall–Kier alpha value is -2.82. The van der Waals surface area contributed by atoms with Crippen LogP contribution in [0, 0.1) is 0 Å². The van der Waals surface area contributed by atoms with Gasteiger partial charge in [-0.05, 0) is 48.6 Å². The summed E-state index contributed by atoms with van der Waals surface area (Å²) in [6.45, 7) is 0. The Morgan fingerprint density at radius 1 is 1.05 bits per heavy atom. The van der Waals surface area contributed by atoms with E-state index >= 15 is 0 Å². The number of ether oxygens (including phenoxy) is 2. The Morgan fingerprint density at radius 2 is 1.76 bits per heavy atom. The number of furan rings is 1. The van der Waals surface area contributed by atoms with Crippen LogP contribution in [-0.2, 0) is 4.74 Å². The smallest absolute Gasteiger partial charge is 0.373 e. The van der Waals surface area contributed by atoms with Gasteiger partial charge in [-0.25, -0.2) is 4.79 Å². The van der Waals surface area contributed by atoms with Crippen molar-refractivity contribution in [2.24, 2.45) is 0 Å². The SMILES string of the molecule is COC(=O)c1ccc(/C=C/C(=O)c2ccc(OC)cc2)o1. The fourth-order valence-corrected chi connectivity index (χ4v) is 1.66. The third kappa shape index (κ3) is 3.60. The number of methoxy groups -OCH3 is 2. The first-order valence-electron chi connectivity index (χ1n) is 6.18. The molecule has 0 spiro atoms. The van der Waals surface area contributed by atoms with Gasteiger partial charge in [0.25, 0.3) is 0 Å². The van der Waals surface area contributed by atoms with Gasteiger partial charge in [-0.15, -0.1) is 0 Å². The van der Waals surface area contributed by atoms with Crippen LogP contribution in [0.3, 0.4) is 0 Å². The van der Waals surface area contributed by atoms with Gasteiger partial charge < -0.3 is 13.9 Å². The van der Waals surface area contributed by atoms with Crippen LogP contribution >= 0.6 is 0 Å². The summed E-state index contributed by atoms with van der Waals surface area (Å²) in [5, 5.41) is 0. The van der Waals surface area contributed by atoms with E-state index in [1.807, 2.05) is 0 Å². The lowest BCUT2D eigenvalue weighted by molar-refractivity contribution is 0.0564. The van der Waals surface area contributed by atoms with E-state index < -0.39 is 5.97 Å². The van der Waals surface area contributed by atoms with Crippen molar-refractivity contribution < 1.29 is 23.5 Å². The average molecular weight is 286 g/mol. The average Bonchev–Trinajstić information content (AvgIpc) is 3.01. The highest BCUT2D eigenvalue weighted by molar-refractivity contribution is 6.06. The summed E-state index contributed by atoms with van der Waals surface area (Å²) in [5.74, 6) is 0.445. The predicted molar refractivity (Wildman–Crippen MR) is 76.4 cm³/mol. The first-order chi connectivity index (χ1) is 10.1. The Morgan fingerprint density at radius 3 is 2.38 bits per heavy atom. The van der Waals surface area contributed by atoms with Gasteiger partial charge in [-0.3, -0.25) is 4.79 Å². The topological polar surface area (TPSA) is 65.7 Å². The van der Waals surface area contributed by atoms with Gasteiger partial charge in [-0.2, -0.15) is 0 Å². The largest absolute Gasteiger partial charge is 0.497 e. The standard InChI is InChI=1S/C16H14O5/c1-19-12-5-3-11(4-6-12)14(17)9-7-13-8-10-15(21-13)16(18)20-2/h3-10H,1-2H3/b9-7+. The third-order valence-electron chi connectivity index (χ3n) is 2.79. The summed E-state index contributed by atoms with van der Waals surface area (Å²) >= 11 is 0. The maximum absolute atomic E-state index is 12.0. The molecular formula is C16H14O5. The van der Waals surface area contributed by atoms with Crippen LogP contribution in [0.4, 0.5) is 0 Å². The molecule has 5 heteroatoms. The van der Waals surface area contributed by atoms with Crippen LogP contribution in [-0.4, -0.2) is 26.0 Å². The van der Waals surface area contributed by atoms with E-state index in [4.69, 9.17) is 9.15 Å². The number of allylic oxidation sites excluding steroid dienone is 1.